The molecular weight excluding hydrogens is 448 g/mol. The minimum absolute atomic E-state index is 0.167. The zero-order valence-corrected chi connectivity index (χ0v) is 17.4. The molecule has 0 heterocycles. The van der Waals surface area contributed by atoms with Gasteiger partial charge in [-0.05, 0) is 95.6 Å². The number of rotatable bonds is 1. The van der Waals surface area contributed by atoms with Crippen molar-refractivity contribution in [3.63, 3.8) is 0 Å². The van der Waals surface area contributed by atoms with E-state index in [1.54, 1.807) is 0 Å². The largest absolute Gasteiger partial charge is 0.0619 e. The summed E-state index contributed by atoms with van der Waals surface area (Å²) in [6, 6.07) is 28.7. The van der Waals surface area contributed by atoms with Crippen LogP contribution in [0, 0.1) is 0 Å². The van der Waals surface area contributed by atoms with Gasteiger partial charge >= 0.3 is 0 Å². The third-order valence-corrected chi connectivity index (χ3v) is 7.53. The SMILES string of the molecule is CC1(c2ccc3ccccc3c2)c2ccccc2-c2cc(Br)c(Br)cc21. The fourth-order valence-corrected chi connectivity index (χ4v) is 4.98. The smallest absolute Gasteiger partial charge is 0.0436 e. The Morgan fingerprint density at radius 1 is 0.615 bits per heavy atom. The molecule has 2 heteroatoms. The third kappa shape index (κ3) is 2.19. The molecule has 0 N–H and O–H groups in total. The number of fused-ring (bicyclic) bond motifs is 4. The van der Waals surface area contributed by atoms with Gasteiger partial charge in [0.1, 0.15) is 0 Å². The second-order valence-corrected chi connectivity index (χ2v) is 8.75. The maximum absolute atomic E-state index is 3.71. The lowest BCUT2D eigenvalue weighted by atomic mass is 9.74. The molecule has 4 aromatic carbocycles. The van der Waals surface area contributed by atoms with Crippen LogP contribution in [0.3, 0.4) is 0 Å². The first-order valence-electron chi connectivity index (χ1n) is 8.68. The van der Waals surface area contributed by atoms with E-state index in [-0.39, 0.29) is 5.41 Å². The van der Waals surface area contributed by atoms with Crippen molar-refractivity contribution >= 4 is 42.6 Å². The van der Waals surface area contributed by atoms with Crippen LogP contribution >= 0.6 is 31.9 Å². The van der Waals surface area contributed by atoms with E-state index < -0.39 is 0 Å². The standard InChI is InChI=1S/C24H16Br2/c1-24(17-11-10-15-6-2-3-7-16(15)12-17)20-9-5-4-8-18(20)19-13-22(25)23(26)14-21(19)24/h2-14H,1H3. The summed E-state index contributed by atoms with van der Waals surface area (Å²) in [5, 5.41) is 2.57. The molecule has 0 saturated heterocycles. The van der Waals surface area contributed by atoms with Crippen molar-refractivity contribution in [2.45, 2.75) is 12.3 Å². The Labute approximate surface area is 170 Å². The Balaban J connectivity index is 1.86. The van der Waals surface area contributed by atoms with E-state index in [9.17, 15) is 0 Å². The van der Waals surface area contributed by atoms with Gasteiger partial charge in [-0.15, -0.1) is 0 Å². The van der Waals surface area contributed by atoms with Crippen LogP contribution in [0.1, 0.15) is 23.6 Å². The van der Waals surface area contributed by atoms with Crippen molar-refractivity contribution in [3.05, 3.63) is 104 Å². The molecule has 1 unspecified atom stereocenters. The molecule has 1 atom stereocenters. The van der Waals surface area contributed by atoms with Gasteiger partial charge in [-0.25, -0.2) is 0 Å². The lowest BCUT2D eigenvalue weighted by Crippen LogP contribution is -2.22. The molecule has 0 spiro atoms. The number of benzene rings is 4. The molecule has 0 nitrogen and oxygen atoms in total. The van der Waals surface area contributed by atoms with Crippen LogP contribution in [-0.2, 0) is 5.41 Å². The summed E-state index contributed by atoms with van der Waals surface area (Å²) in [5.74, 6) is 0. The lowest BCUT2D eigenvalue weighted by molar-refractivity contribution is 0.714. The van der Waals surface area contributed by atoms with Gasteiger partial charge in [0.25, 0.3) is 0 Å². The molecule has 0 aromatic heterocycles. The first-order chi connectivity index (χ1) is 12.6. The average molecular weight is 464 g/mol. The van der Waals surface area contributed by atoms with Gasteiger partial charge in [-0.2, -0.15) is 0 Å². The summed E-state index contributed by atoms with van der Waals surface area (Å²) in [6.07, 6.45) is 0. The van der Waals surface area contributed by atoms with Crippen molar-refractivity contribution in [1.29, 1.82) is 0 Å². The van der Waals surface area contributed by atoms with Gasteiger partial charge in [0.2, 0.25) is 0 Å². The Kier molecular flexibility index (Phi) is 3.63. The first-order valence-corrected chi connectivity index (χ1v) is 10.3. The topological polar surface area (TPSA) is 0 Å². The molecule has 1 aliphatic carbocycles. The van der Waals surface area contributed by atoms with Gasteiger partial charge in [0.15, 0.2) is 0 Å². The molecule has 0 saturated carbocycles. The second-order valence-electron chi connectivity index (χ2n) is 7.04. The fourth-order valence-electron chi connectivity index (χ4n) is 4.29. The van der Waals surface area contributed by atoms with Crippen LogP contribution in [0.4, 0.5) is 0 Å². The molecule has 0 fully saturated rings. The molecular formula is C24H16Br2. The molecule has 126 valence electrons. The van der Waals surface area contributed by atoms with E-state index in [0.717, 1.165) is 8.95 Å². The van der Waals surface area contributed by atoms with Crippen LogP contribution in [0.15, 0.2) is 87.8 Å². The van der Waals surface area contributed by atoms with Crippen LogP contribution in [-0.4, -0.2) is 0 Å². The predicted octanol–water partition coefficient (Wildman–Crippen LogP) is 7.70. The predicted molar refractivity (Wildman–Crippen MR) is 117 cm³/mol. The molecule has 26 heavy (non-hydrogen) atoms. The highest BCUT2D eigenvalue weighted by Gasteiger charge is 2.41. The highest BCUT2D eigenvalue weighted by atomic mass is 79.9. The van der Waals surface area contributed by atoms with Crippen LogP contribution in [0.2, 0.25) is 0 Å². The molecule has 0 bridgehead atoms. The quantitative estimate of drug-likeness (QED) is 0.271. The van der Waals surface area contributed by atoms with Gasteiger partial charge in [-0.1, -0.05) is 60.7 Å². The first kappa shape index (κ1) is 16.3. The normalized spacial score (nSPS) is 18.0. The summed E-state index contributed by atoms with van der Waals surface area (Å²) in [5.41, 5.74) is 6.52. The van der Waals surface area contributed by atoms with Crippen LogP contribution < -0.4 is 0 Å². The highest BCUT2D eigenvalue weighted by molar-refractivity contribution is 9.13. The second kappa shape index (κ2) is 5.80. The fraction of sp³-hybridized carbons (Fsp3) is 0.0833. The van der Waals surface area contributed by atoms with Gasteiger partial charge in [0, 0.05) is 14.4 Å². The molecule has 1 aliphatic rings. The minimum Gasteiger partial charge on any atom is -0.0619 e. The van der Waals surface area contributed by atoms with E-state index in [2.05, 4.69) is 118 Å². The number of halogens is 2. The lowest BCUT2D eigenvalue weighted by Gasteiger charge is -2.29. The zero-order chi connectivity index (χ0) is 17.9. The Morgan fingerprint density at radius 3 is 2.15 bits per heavy atom. The van der Waals surface area contributed by atoms with Gasteiger partial charge in [-0.3, -0.25) is 0 Å². The van der Waals surface area contributed by atoms with Crippen molar-refractivity contribution in [2.75, 3.05) is 0 Å². The molecule has 5 rings (SSSR count). The van der Waals surface area contributed by atoms with Crippen molar-refractivity contribution in [2.24, 2.45) is 0 Å². The molecule has 0 amide bonds. The van der Waals surface area contributed by atoms with E-state index in [1.165, 1.54) is 38.6 Å². The van der Waals surface area contributed by atoms with Crippen molar-refractivity contribution in [3.8, 4) is 11.1 Å². The van der Waals surface area contributed by atoms with E-state index in [4.69, 9.17) is 0 Å². The minimum atomic E-state index is -0.167. The maximum atomic E-state index is 3.71. The van der Waals surface area contributed by atoms with Crippen molar-refractivity contribution in [1.82, 2.24) is 0 Å². The van der Waals surface area contributed by atoms with E-state index in [1.807, 2.05) is 0 Å². The Morgan fingerprint density at radius 2 is 1.31 bits per heavy atom. The Bertz CT molecular complexity index is 1180. The van der Waals surface area contributed by atoms with Crippen LogP contribution in [0.5, 0.6) is 0 Å². The summed E-state index contributed by atoms with van der Waals surface area (Å²) in [7, 11) is 0. The molecule has 0 radical (unpaired) electrons. The maximum Gasteiger partial charge on any atom is 0.0436 e. The van der Waals surface area contributed by atoms with E-state index >= 15 is 0 Å². The van der Waals surface area contributed by atoms with Crippen LogP contribution in [0.25, 0.3) is 21.9 Å². The molecule has 4 aromatic rings. The highest BCUT2D eigenvalue weighted by Crippen LogP contribution is 2.54. The van der Waals surface area contributed by atoms with Gasteiger partial charge in [0.05, 0.1) is 0 Å². The van der Waals surface area contributed by atoms with E-state index in [0.29, 0.717) is 0 Å². The average Bonchev–Trinajstić information content (AvgIpc) is 2.92. The summed E-state index contributed by atoms with van der Waals surface area (Å²) >= 11 is 7.39. The number of hydrogen-bond acceptors (Lipinski definition) is 0. The zero-order valence-electron chi connectivity index (χ0n) is 14.3. The Hall–Kier alpha value is -1.90. The van der Waals surface area contributed by atoms with Gasteiger partial charge < -0.3 is 0 Å². The molecule has 0 aliphatic heterocycles. The third-order valence-electron chi connectivity index (χ3n) is 5.68. The summed E-state index contributed by atoms with van der Waals surface area (Å²) in [6.45, 7) is 2.35. The monoisotopic (exact) mass is 462 g/mol. The number of hydrogen-bond donors (Lipinski definition) is 0. The summed E-state index contributed by atoms with van der Waals surface area (Å²) in [4.78, 5) is 0. The van der Waals surface area contributed by atoms with Crippen molar-refractivity contribution < 1.29 is 0 Å². The summed E-state index contributed by atoms with van der Waals surface area (Å²) < 4.78 is 2.19.